The number of rotatable bonds is 12. The molecule has 2 aromatic carbocycles. The molecule has 8 nitrogen and oxygen atoms in total. The van der Waals surface area contributed by atoms with Crippen LogP contribution in [0.4, 0.5) is 5.69 Å². The van der Waals surface area contributed by atoms with Gasteiger partial charge in [-0.2, -0.15) is 0 Å². The number of carbonyl (C=O) groups excluding carboxylic acids is 3. The summed E-state index contributed by atoms with van der Waals surface area (Å²) in [7, 11) is 0. The Hall–Kier alpha value is -3.55. The Balaban J connectivity index is 1.82. The predicted octanol–water partition coefficient (Wildman–Crippen LogP) is 2.49. The molecule has 0 unspecified atom stereocenters. The van der Waals surface area contributed by atoms with Gasteiger partial charge >= 0.3 is 0 Å². The zero-order valence-electron chi connectivity index (χ0n) is 17.0. The van der Waals surface area contributed by atoms with Crippen molar-refractivity contribution in [2.45, 2.75) is 26.2 Å². The Labute approximate surface area is 175 Å². The first kappa shape index (κ1) is 22.7. The molecule has 4 N–H and O–H groups in total. The highest BCUT2D eigenvalue weighted by atomic mass is 16.5. The first-order valence-electron chi connectivity index (χ1n) is 9.81. The van der Waals surface area contributed by atoms with Crippen LogP contribution in [0.2, 0.25) is 0 Å². The van der Waals surface area contributed by atoms with E-state index in [2.05, 4.69) is 10.6 Å². The third-order valence-corrected chi connectivity index (χ3v) is 4.06. The standard InChI is InChI=1S/C22H27N3O5/c1-2-29-18-10-5-6-11-19(18)30-15-7-12-21(27)25-17-9-4-3-8-16(17)22(28)24-14-13-20(23)26/h3-6,8-11H,2,7,12-15H2,1H3,(H2,23,26)(H,24,28)(H,25,27). The fraction of sp³-hybridized carbons (Fsp3) is 0.318. The van der Waals surface area contributed by atoms with E-state index in [-0.39, 0.29) is 31.2 Å². The van der Waals surface area contributed by atoms with Gasteiger partial charge in [-0.1, -0.05) is 24.3 Å². The number of carbonyl (C=O) groups is 3. The highest BCUT2D eigenvalue weighted by molar-refractivity contribution is 6.03. The van der Waals surface area contributed by atoms with Crippen LogP contribution < -0.4 is 25.8 Å². The highest BCUT2D eigenvalue weighted by Crippen LogP contribution is 2.26. The lowest BCUT2D eigenvalue weighted by Gasteiger charge is -2.12. The van der Waals surface area contributed by atoms with Gasteiger partial charge in [-0.3, -0.25) is 14.4 Å². The third-order valence-electron chi connectivity index (χ3n) is 4.06. The number of nitrogens with one attached hydrogen (secondary N) is 2. The lowest BCUT2D eigenvalue weighted by Crippen LogP contribution is -2.28. The van der Waals surface area contributed by atoms with E-state index < -0.39 is 5.91 Å². The molecule has 0 saturated heterocycles. The van der Waals surface area contributed by atoms with Crippen molar-refractivity contribution in [3.05, 3.63) is 54.1 Å². The van der Waals surface area contributed by atoms with Crippen LogP contribution in [0, 0.1) is 0 Å². The minimum absolute atomic E-state index is 0.0483. The van der Waals surface area contributed by atoms with Gasteiger partial charge in [0.15, 0.2) is 11.5 Å². The van der Waals surface area contributed by atoms with E-state index >= 15 is 0 Å². The monoisotopic (exact) mass is 413 g/mol. The van der Waals surface area contributed by atoms with Crippen molar-refractivity contribution in [3.8, 4) is 11.5 Å². The number of primary amides is 1. The van der Waals surface area contributed by atoms with E-state index in [1.54, 1.807) is 24.3 Å². The molecule has 0 bridgehead atoms. The second-order valence-electron chi connectivity index (χ2n) is 6.40. The fourth-order valence-electron chi connectivity index (χ4n) is 2.66. The largest absolute Gasteiger partial charge is 0.490 e. The van der Waals surface area contributed by atoms with Crippen LogP contribution in [0.1, 0.15) is 36.5 Å². The van der Waals surface area contributed by atoms with Crippen LogP contribution in [-0.2, 0) is 9.59 Å². The van der Waals surface area contributed by atoms with Crippen LogP contribution in [0.15, 0.2) is 48.5 Å². The second kappa shape index (κ2) is 12.1. The summed E-state index contributed by atoms with van der Waals surface area (Å²) in [4.78, 5) is 35.4. The number of para-hydroxylation sites is 3. The molecule has 0 aliphatic rings. The van der Waals surface area contributed by atoms with Crippen molar-refractivity contribution in [1.29, 1.82) is 0 Å². The molecule has 3 amide bonds. The lowest BCUT2D eigenvalue weighted by atomic mass is 10.1. The van der Waals surface area contributed by atoms with Gasteiger partial charge < -0.3 is 25.8 Å². The van der Waals surface area contributed by atoms with Gasteiger partial charge in [-0.25, -0.2) is 0 Å². The van der Waals surface area contributed by atoms with E-state index in [9.17, 15) is 14.4 Å². The molecule has 0 aromatic heterocycles. The number of amides is 3. The lowest BCUT2D eigenvalue weighted by molar-refractivity contribution is -0.118. The maximum Gasteiger partial charge on any atom is 0.253 e. The Kier molecular flexibility index (Phi) is 9.18. The Bertz CT molecular complexity index is 869. The van der Waals surface area contributed by atoms with E-state index in [0.29, 0.717) is 42.4 Å². The normalized spacial score (nSPS) is 10.2. The minimum Gasteiger partial charge on any atom is -0.490 e. The average Bonchev–Trinajstić information content (AvgIpc) is 2.72. The Morgan fingerprint density at radius 3 is 2.30 bits per heavy atom. The van der Waals surface area contributed by atoms with Gasteiger partial charge in [-0.05, 0) is 37.6 Å². The maximum absolute atomic E-state index is 12.3. The zero-order valence-corrected chi connectivity index (χ0v) is 17.0. The van der Waals surface area contributed by atoms with Crippen LogP contribution in [0.3, 0.4) is 0 Å². The topological polar surface area (TPSA) is 120 Å². The number of benzene rings is 2. The molecule has 0 fully saturated rings. The second-order valence-corrected chi connectivity index (χ2v) is 6.40. The molecule has 0 aliphatic carbocycles. The summed E-state index contributed by atoms with van der Waals surface area (Å²) < 4.78 is 11.2. The van der Waals surface area contributed by atoms with Crippen molar-refractivity contribution in [2.24, 2.45) is 5.73 Å². The van der Waals surface area contributed by atoms with Crippen LogP contribution >= 0.6 is 0 Å². The van der Waals surface area contributed by atoms with Crippen molar-refractivity contribution in [3.63, 3.8) is 0 Å². The number of hydrogen-bond acceptors (Lipinski definition) is 5. The van der Waals surface area contributed by atoms with Gasteiger partial charge in [0.25, 0.3) is 5.91 Å². The molecule has 8 heteroatoms. The van der Waals surface area contributed by atoms with E-state index in [1.807, 2.05) is 31.2 Å². The minimum atomic E-state index is -0.497. The van der Waals surface area contributed by atoms with Crippen LogP contribution in [-0.4, -0.2) is 37.5 Å². The summed E-state index contributed by atoms with van der Waals surface area (Å²) in [6, 6.07) is 14.0. The van der Waals surface area contributed by atoms with Gasteiger partial charge in [0.2, 0.25) is 11.8 Å². The van der Waals surface area contributed by atoms with Gasteiger partial charge in [0, 0.05) is 19.4 Å². The van der Waals surface area contributed by atoms with E-state index in [1.165, 1.54) is 0 Å². The first-order valence-corrected chi connectivity index (χ1v) is 9.81. The molecule has 0 heterocycles. The molecule has 0 spiro atoms. The summed E-state index contributed by atoms with van der Waals surface area (Å²) in [5.41, 5.74) is 5.79. The maximum atomic E-state index is 12.3. The van der Waals surface area contributed by atoms with Crippen LogP contribution in [0.25, 0.3) is 0 Å². The number of hydrogen-bond donors (Lipinski definition) is 3. The molecule has 30 heavy (non-hydrogen) atoms. The van der Waals surface area contributed by atoms with Gasteiger partial charge in [0.1, 0.15) is 0 Å². The van der Waals surface area contributed by atoms with E-state index in [0.717, 1.165) is 0 Å². The molecule has 2 aromatic rings. The summed E-state index contributed by atoms with van der Waals surface area (Å²) in [6.07, 6.45) is 0.778. The molecular weight excluding hydrogens is 386 g/mol. The number of nitrogens with two attached hydrogens (primary N) is 1. The fourth-order valence-corrected chi connectivity index (χ4v) is 2.66. The molecule has 0 aliphatic heterocycles. The molecule has 0 saturated carbocycles. The molecule has 0 atom stereocenters. The van der Waals surface area contributed by atoms with Crippen molar-refractivity contribution < 1.29 is 23.9 Å². The van der Waals surface area contributed by atoms with Gasteiger partial charge in [-0.15, -0.1) is 0 Å². The summed E-state index contributed by atoms with van der Waals surface area (Å²) >= 11 is 0. The number of anilines is 1. The molecule has 2 rings (SSSR count). The van der Waals surface area contributed by atoms with Crippen molar-refractivity contribution >= 4 is 23.4 Å². The first-order chi connectivity index (χ1) is 14.5. The summed E-state index contributed by atoms with van der Waals surface area (Å²) in [5, 5.41) is 5.36. The van der Waals surface area contributed by atoms with E-state index in [4.69, 9.17) is 15.2 Å². The SMILES string of the molecule is CCOc1ccccc1OCCCC(=O)Nc1ccccc1C(=O)NCCC(N)=O. The van der Waals surface area contributed by atoms with Crippen molar-refractivity contribution in [2.75, 3.05) is 25.1 Å². The highest BCUT2D eigenvalue weighted by Gasteiger charge is 2.13. The third kappa shape index (κ3) is 7.46. The Morgan fingerprint density at radius 1 is 0.933 bits per heavy atom. The average molecular weight is 413 g/mol. The smallest absolute Gasteiger partial charge is 0.253 e. The van der Waals surface area contributed by atoms with Gasteiger partial charge in [0.05, 0.1) is 24.5 Å². The summed E-state index contributed by atoms with van der Waals surface area (Å²) in [6.45, 7) is 2.93. The molecular formula is C22H27N3O5. The Morgan fingerprint density at radius 2 is 1.60 bits per heavy atom. The molecule has 160 valence electrons. The quantitative estimate of drug-likeness (QED) is 0.462. The van der Waals surface area contributed by atoms with Crippen LogP contribution in [0.5, 0.6) is 11.5 Å². The summed E-state index contributed by atoms with van der Waals surface area (Å²) in [5.74, 6) is 0.193. The molecule has 0 radical (unpaired) electrons. The van der Waals surface area contributed by atoms with Crippen molar-refractivity contribution in [1.82, 2.24) is 5.32 Å². The zero-order chi connectivity index (χ0) is 21.8. The predicted molar refractivity (Wildman–Crippen MR) is 114 cm³/mol. The number of ether oxygens (including phenoxy) is 2.